The molecule has 3 rings (SSSR count). The van der Waals surface area contributed by atoms with Gasteiger partial charge in [-0.2, -0.15) is 0 Å². The molecule has 0 amide bonds. The predicted octanol–water partition coefficient (Wildman–Crippen LogP) is 4.10. The topological polar surface area (TPSA) is 68.9 Å². The number of nitrogens with one attached hydrogen (secondary N) is 1. The maximum Gasteiger partial charge on any atom is 0.189 e. The quantitative estimate of drug-likeness (QED) is 0.838. The number of hydrogen-bond donors (Lipinski definition) is 2. The summed E-state index contributed by atoms with van der Waals surface area (Å²) in [4.78, 5) is 4.51. The van der Waals surface area contributed by atoms with Gasteiger partial charge in [0, 0.05) is 5.56 Å². The Labute approximate surface area is 156 Å². The van der Waals surface area contributed by atoms with Gasteiger partial charge < -0.3 is 20.5 Å². The summed E-state index contributed by atoms with van der Waals surface area (Å²) in [6.45, 7) is 0. The van der Waals surface area contributed by atoms with Gasteiger partial charge in [0.1, 0.15) is 11.5 Å². The van der Waals surface area contributed by atoms with Gasteiger partial charge in [0.15, 0.2) is 5.96 Å². The summed E-state index contributed by atoms with van der Waals surface area (Å²) < 4.78 is 10.8. The van der Waals surface area contributed by atoms with Crippen molar-refractivity contribution in [3.63, 3.8) is 0 Å². The summed E-state index contributed by atoms with van der Waals surface area (Å²) in [6, 6.07) is 11.0. The van der Waals surface area contributed by atoms with Crippen LogP contribution < -0.4 is 20.5 Å². The van der Waals surface area contributed by atoms with Crippen LogP contribution in [0, 0.1) is 0 Å². The average molecular weight is 380 g/mol. The largest absolute Gasteiger partial charge is 0.497 e. The molecular weight excluding hydrogens is 361 g/mol. The number of hydrogen-bond acceptors (Lipinski definition) is 5. The Bertz CT molecular complexity index is 811. The lowest BCUT2D eigenvalue weighted by Crippen LogP contribution is -2.39. The predicted molar refractivity (Wildman–Crippen MR) is 101 cm³/mol. The summed E-state index contributed by atoms with van der Waals surface area (Å²) in [5.41, 5.74) is 7.95. The monoisotopic (exact) mass is 379 g/mol. The van der Waals surface area contributed by atoms with Crippen LogP contribution in [0.15, 0.2) is 41.4 Å². The second kappa shape index (κ2) is 7.42. The fourth-order valence-corrected chi connectivity index (χ4v) is 3.27. The first kappa shape index (κ1) is 17.7. The van der Waals surface area contributed by atoms with Crippen molar-refractivity contribution in [3.8, 4) is 11.5 Å². The molecule has 0 saturated carbocycles. The summed E-state index contributed by atoms with van der Waals surface area (Å²) in [7, 11) is 3.27. The molecule has 0 aromatic heterocycles. The molecule has 0 bridgehead atoms. The highest BCUT2D eigenvalue weighted by molar-refractivity contribution is 6.42. The number of aliphatic imine (C=N–C) groups is 1. The van der Waals surface area contributed by atoms with Crippen LogP contribution in [0.1, 0.15) is 29.6 Å². The highest BCUT2D eigenvalue weighted by atomic mass is 35.5. The second-order valence-electron chi connectivity index (χ2n) is 5.74. The first-order valence-electron chi connectivity index (χ1n) is 7.78. The van der Waals surface area contributed by atoms with Crippen LogP contribution in [0.3, 0.4) is 0 Å². The lowest BCUT2D eigenvalue weighted by Gasteiger charge is -2.30. The zero-order chi connectivity index (χ0) is 18.0. The summed E-state index contributed by atoms with van der Waals surface area (Å²) in [5.74, 6) is 1.89. The Kier molecular flexibility index (Phi) is 5.25. The number of nitrogens with zero attached hydrogens (tertiary/aromatic N) is 1. The van der Waals surface area contributed by atoms with E-state index in [1.54, 1.807) is 20.3 Å². The van der Waals surface area contributed by atoms with E-state index in [1.807, 2.05) is 30.3 Å². The zero-order valence-corrected chi connectivity index (χ0v) is 15.4. The number of nitrogens with two attached hydrogens (primary N) is 1. The number of ether oxygens (including phenoxy) is 2. The molecule has 7 heteroatoms. The third-order valence-electron chi connectivity index (χ3n) is 4.22. The SMILES string of the molecule is COc1ccc(OC)c(C2CC(c3ccc(Cl)c(Cl)c3)N=C(N)N2)c1. The van der Waals surface area contributed by atoms with Crippen LogP contribution in [0.5, 0.6) is 11.5 Å². The van der Waals surface area contributed by atoms with E-state index in [4.69, 9.17) is 38.4 Å². The highest BCUT2D eigenvalue weighted by Crippen LogP contribution is 2.38. The van der Waals surface area contributed by atoms with Crippen LogP contribution in [0.4, 0.5) is 0 Å². The minimum absolute atomic E-state index is 0.0676. The summed E-state index contributed by atoms with van der Waals surface area (Å²) in [6.07, 6.45) is 0.697. The molecule has 1 aliphatic heterocycles. The van der Waals surface area contributed by atoms with Gasteiger partial charge in [-0.1, -0.05) is 29.3 Å². The normalized spacial score (nSPS) is 19.8. The Morgan fingerprint density at radius 1 is 1.08 bits per heavy atom. The maximum atomic E-state index is 6.15. The molecule has 25 heavy (non-hydrogen) atoms. The Balaban J connectivity index is 1.95. The molecule has 5 nitrogen and oxygen atoms in total. The van der Waals surface area contributed by atoms with E-state index in [1.165, 1.54) is 0 Å². The molecule has 132 valence electrons. The number of guanidine groups is 1. The average Bonchev–Trinajstić information content (AvgIpc) is 2.62. The van der Waals surface area contributed by atoms with Crippen molar-refractivity contribution in [3.05, 3.63) is 57.6 Å². The first-order valence-corrected chi connectivity index (χ1v) is 8.54. The van der Waals surface area contributed by atoms with Crippen LogP contribution in [0.25, 0.3) is 0 Å². The van der Waals surface area contributed by atoms with Gasteiger partial charge in [-0.25, -0.2) is 4.99 Å². The summed E-state index contributed by atoms with van der Waals surface area (Å²) >= 11 is 12.2. The Morgan fingerprint density at radius 2 is 1.88 bits per heavy atom. The molecule has 0 aliphatic carbocycles. The molecule has 0 fully saturated rings. The van der Waals surface area contributed by atoms with E-state index in [-0.39, 0.29) is 12.1 Å². The molecule has 1 heterocycles. The molecule has 2 unspecified atom stereocenters. The number of methoxy groups -OCH3 is 2. The van der Waals surface area contributed by atoms with Crippen molar-refractivity contribution in [2.24, 2.45) is 10.7 Å². The standard InChI is InChI=1S/C18H19Cl2N3O2/c1-24-11-4-6-17(25-2)12(8-11)16-9-15(22-18(21)23-16)10-3-5-13(19)14(20)7-10/h3-8,15-16H,9H2,1-2H3,(H3,21,22,23). The molecule has 2 atom stereocenters. The van der Waals surface area contributed by atoms with E-state index in [9.17, 15) is 0 Å². The fraction of sp³-hybridized carbons (Fsp3) is 0.278. The van der Waals surface area contributed by atoms with Gasteiger partial charge in [0.25, 0.3) is 0 Å². The fourth-order valence-electron chi connectivity index (χ4n) is 2.97. The Morgan fingerprint density at radius 3 is 2.56 bits per heavy atom. The number of benzene rings is 2. The lowest BCUT2D eigenvalue weighted by molar-refractivity contribution is 0.386. The molecule has 0 spiro atoms. The maximum absolute atomic E-state index is 6.15. The minimum Gasteiger partial charge on any atom is -0.497 e. The minimum atomic E-state index is -0.128. The third kappa shape index (κ3) is 3.78. The van der Waals surface area contributed by atoms with Gasteiger partial charge in [0.2, 0.25) is 0 Å². The van der Waals surface area contributed by atoms with E-state index in [0.29, 0.717) is 22.4 Å². The molecule has 0 saturated heterocycles. The zero-order valence-electron chi connectivity index (χ0n) is 13.9. The highest BCUT2D eigenvalue weighted by Gasteiger charge is 2.27. The van der Waals surface area contributed by atoms with Crippen LogP contribution in [-0.4, -0.2) is 20.2 Å². The Hall–Kier alpha value is -2.11. The second-order valence-corrected chi connectivity index (χ2v) is 6.56. The van der Waals surface area contributed by atoms with Crippen molar-refractivity contribution in [2.75, 3.05) is 14.2 Å². The van der Waals surface area contributed by atoms with Crippen molar-refractivity contribution >= 4 is 29.2 Å². The summed E-state index contributed by atoms with van der Waals surface area (Å²) in [5, 5.41) is 4.24. The van der Waals surface area contributed by atoms with Crippen molar-refractivity contribution in [1.29, 1.82) is 0 Å². The number of halogens is 2. The van der Waals surface area contributed by atoms with Gasteiger partial charge in [0.05, 0.1) is 36.3 Å². The molecule has 2 aromatic rings. The van der Waals surface area contributed by atoms with Crippen molar-refractivity contribution < 1.29 is 9.47 Å². The van der Waals surface area contributed by atoms with E-state index in [0.717, 1.165) is 22.6 Å². The van der Waals surface area contributed by atoms with E-state index in [2.05, 4.69) is 10.3 Å². The van der Waals surface area contributed by atoms with Crippen LogP contribution >= 0.6 is 23.2 Å². The molecule has 0 radical (unpaired) electrons. The van der Waals surface area contributed by atoms with Gasteiger partial charge >= 0.3 is 0 Å². The third-order valence-corrected chi connectivity index (χ3v) is 4.96. The van der Waals surface area contributed by atoms with E-state index >= 15 is 0 Å². The van der Waals surface area contributed by atoms with Gasteiger partial charge in [-0.05, 0) is 42.3 Å². The number of rotatable bonds is 4. The molecule has 2 aromatic carbocycles. The van der Waals surface area contributed by atoms with Gasteiger partial charge in [-0.15, -0.1) is 0 Å². The molecule has 3 N–H and O–H groups in total. The lowest BCUT2D eigenvalue weighted by atomic mass is 9.93. The van der Waals surface area contributed by atoms with Gasteiger partial charge in [-0.3, -0.25) is 0 Å². The van der Waals surface area contributed by atoms with Crippen molar-refractivity contribution in [2.45, 2.75) is 18.5 Å². The first-order chi connectivity index (χ1) is 12.0. The molecule has 1 aliphatic rings. The van der Waals surface area contributed by atoms with Crippen LogP contribution in [0.2, 0.25) is 10.0 Å². The van der Waals surface area contributed by atoms with Crippen LogP contribution in [-0.2, 0) is 0 Å². The smallest absolute Gasteiger partial charge is 0.189 e. The molecular formula is C18H19Cl2N3O2. The van der Waals surface area contributed by atoms with E-state index < -0.39 is 0 Å². The van der Waals surface area contributed by atoms with Crippen molar-refractivity contribution in [1.82, 2.24) is 5.32 Å².